The van der Waals surface area contributed by atoms with Crippen molar-refractivity contribution in [2.24, 2.45) is 0 Å². The number of para-hydroxylation sites is 1. The van der Waals surface area contributed by atoms with Crippen LogP contribution in [-0.4, -0.2) is 23.6 Å². The van der Waals surface area contributed by atoms with Gasteiger partial charge in [-0.05, 0) is 61.4 Å². The first-order valence-electron chi connectivity index (χ1n) is 8.80. The van der Waals surface area contributed by atoms with Crippen molar-refractivity contribution in [3.8, 4) is 5.69 Å². The van der Waals surface area contributed by atoms with Gasteiger partial charge in [-0.15, -0.1) is 0 Å². The van der Waals surface area contributed by atoms with E-state index in [1.807, 2.05) is 47.3 Å². The van der Waals surface area contributed by atoms with Crippen LogP contribution in [0.25, 0.3) is 5.69 Å². The standard InChI is InChI=1S/C21H20FN3O/c22-18-6-5-7-19(25-14-3-4-15-25)20(18)23-21(26)16-8-10-17(11-9-16)24-12-1-2-13-24/h1-2,5-13H,3-4,14-15H2,(H,23,26). The molecule has 1 aliphatic heterocycles. The van der Waals surface area contributed by atoms with Gasteiger partial charge in [0.1, 0.15) is 11.5 Å². The largest absolute Gasteiger partial charge is 0.370 e. The fourth-order valence-electron chi connectivity index (χ4n) is 3.34. The number of aromatic nitrogens is 1. The third-order valence-corrected chi connectivity index (χ3v) is 4.71. The van der Waals surface area contributed by atoms with Crippen LogP contribution >= 0.6 is 0 Å². The summed E-state index contributed by atoms with van der Waals surface area (Å²) in [5.41, 5.74) is 2.47. The summed E-state index contributed by atoms with van der Waals surface area (Å²) in [5, 5.41) is 2.76. The van der Waals surface area contributed by atoms with Crippen LogP contribution in [-0.2, 0) is 0 Å². The van der Waals surface area contributed by atoms with Crippen LogP contribution in [0.5, 0.6) is 0 Å². The zero-order valence-electron chi connectivity index (χ0n) is 14.4. The lowest BCUT2D eigenvalue weighted by Crippen LogP contribution is -2.22. The van der Waals surface area contributed by atoms with Crippen molar-refractivity contribution in [3.05, 3.63) is 78.4 Å². The van der Waals surface area contributed by atoms with Gasteiger partial charge in [0.25, 0.3) is 5.91 Å². The number of anilines is 2. The quantitative estimate of drug-likeness (QED) is 0.755. The molecule has 0 radical (unpaired) electrons. The lowest BCUT2D eigenvalue weighted by Gasteiger charge is -2.22. The average molecular weight is 349 g/mol. The molecule has 2 aromatic carbocycles. The molecule has 1 fully saturated rings. The van der Waals surface area contributed by atoms with Crippen molar-refractivity contribution < 1.29 is 9.18 Å². The molecule has 0 saturated carbocycles. The van der Waals surface area contributed by atoms with E-state index in [2.05, 4.69) is 10.2 Å². The Hall–Kier alpha value is -3.08. The second-order valence-electron chi connectivity index (χ2n) is 6.42. The first kappa shape index (κ1) is 16.4. The summed E-state index contributed by atoms with van der Waals surface area (Å²) in [6.07, 6.45) is 6.06. The highest BCUT2D eigenvalue weighted by atomic mass is 19.1. The van der Waals surface area contributed by atoms with Gasteiger partial charge in [0, 0.05) is 36.7 Å². The van der Waals surface area contributed by atoms with Crippen LogP contribution in [0.4, 0.5) is 15.8 Å². The van der Waals surface area contributed by atoms with Gasteiger partial charge < -0.3 is 14.8 Å². The molecule has 2 heterocycles. The zero-order valence-corrected chi connectivity index (χ0v) is 14.4. The maximum absolute atomic E-state index is 14.4. The minimum absolute atomic E-state index is 0.258. The Morgan fingerprint density at radius 3 is 2.31 bits per heavy atom. The number of rotatable bonds is 4. The highest BCUT2D eigenvalue weighted by molar-refractivity contribution is 6.06. The van der Waals surface area contributed by atoms with Crippen molar-refractivity contribution >= 4 is 17.3 Å². The highest BCUT2D eigenvalue weighted by Crippen LogP contribution is 2.31. The molecule has 132 valence electrons. The fraction of sp³-hybridized carbons (Fsp3) is 0.190. The summed E-state index contributed by atoms with van der Waals surface area (Å²) < 4.78 is 16.3. The summed E-state index contributed by atoms with van der Waals surface area (Å²) >= 11 is 0. The smallest absolute Gasteiger partial charge is 0.255 e. The molecular formula is C21H20FN3O. The normalized spacial score (nSPS) is 13.8. The second kappa shape index (κ2) is 7.04. The van der Waals surface area contributed by atoms with E-state index in [0.29, 0.717) is 5.56 Å². The van der Waals surface area contributed by atoms with E-state index in [1.54, 1.807) is 18.2 Å². The van der Waals surface area contributed by atoms with Gasteiger partial charge in [-0.1, -0.05) is 6.07 Å². The van der Waals surface area contributed by atoms with Gasteiger partial charge in [-0.3, -0.25) is 4.79 Å². The Balaban J connectivity index is 1.56. The number of hydrogen-bond donors (Lipinski definition) is 1. The molecule has 26 heavy (non-hydrogen) atoms. The van der Waals surface area contributed by atoms with E-state index in [4.69, 9.17) is 0 Å². The molecule has 1 saturated heterocycles. The highest BCUT2D eigenvalue weighted by Gasteiger charge is 2.20. The van der Waals surface area contributed by atoms with Crippen LogP contribution in [0.1, 0.15) is 23.2 Å². The summed E-state index contributed by atoms with van der Waals surface area (Å²) in [6, 6.07) is 16.1. The number of hydrogen-bond acceptors (Lipinski definition) is 2. The number of carbonyl (C=O) groups is 1. The van der Waals surface area contributed by atoms with Gasteiger partial charge >= 0.3 is 0 Å². The second-order valence-corrected chi connectivity index (χ2v) is 6.42. The molecule has 1 amide bonds. The molecule has 0 unspecified atom stereocenters. The molecule has 0 bridgehead atoms. The minimum atomic E-state index is -0.410. The van der Waals surface area contributed by atoms with E-state index in [0.717, 1.165) is 37.3 Å². The van der Waals surface area contributed by atoms with E-state index < -0.39 is 5.82 Å². The van der Waals surface area contributed by atoms with E-state index >= 15 is 0 Å². The topological polar surface area (TPSA) is 37.3 Å². The molecule has 1 aromatic heterocycles. The number of nitrogens with zero attached hydrogens (tertiary/aromatic N) is 2. The molecular weight excluding hydrogens is 329 g/mol. The van der Waals surface area contributed by atoms with Crippen LogP contribution in [0.15, 0.2) is 67.0 Å². The lowest BCUT2D eigenvalue weighted by molar-refractivity contribution is 0.102. The van der Waals surface area contributed by atoms with Crippen molar-refractivity contribution in [1.82, 2.24) is 4.57 Å². The van der Waals surface area contributed by atoms with Gasteiger partial charge in [-0.25, -0.2) is 4.39 Å². The van der Waals surface area contributed by atoms with Gasteiger partial charge in [0.15, 0.2) is 0 Å². The molecule has 4 nitrogen and oxygen atoms in total. The van der Waals surface area contributed by atoms with E-state index in [-0.39, 0.29) is 11.6 Å². The first-order chi connectivity index (χ1) is 12.7. The van der Waals surface area contributed by atoms with Crippen LogP contribution in [0.2, 0.25) is 0 Å². The number of halogens is 1. The number of amides is 1. The Labute approximate surface area is 151 Å². The maximum Gasteiger partial charge on any atom is 0.255 e. The van der Waals surface area contributed by atoms with E-state index in [9.17, 15) is 9.18 Å². The van der Waals surface area contributed by atoms with Gasteiger partial charge in [0.05, 0.1) is 5.69 Å². The van der Waals surface area contributed by atoms with Crippen molar-refractivity contribution in [3.63, 3.8) is 0 Å². The Morgan fingerprint density at radius 1 is 0.923 bits per heavy atom. The molecule has 1 N–H and O–H groups in total. The Bertz CT molecular complexity index is 898. The van der Waals surface area contributed by atoms with Crippen LogP contribution in [0.3, 0.4) is 0 Å². The van der Waals surface area contributed by atoms with Crippen molar-refractivity contribution in [1.29, 1.82) is 0 Å². The Kier molecular flexibility index (Phi) is 4.44. The third kappa shape index (κ3) is 3.20. The Morgan fingerprint density at radius 2 is 1.62 bits per heavy atom. The number of nitrogens with one attached hydrogen (secondary N) is 1. The third-order valence-electron chi connectivity index (χ3n) is 4.71. The van der Waals surface area contributed by atoms with Crippen LogP contribution in [0, 0.1) is 5.82 Å². The molecule has 4 rings (SSSR count). The molecule has 3 aromatic rings. The number of carbonyl (C=O) groups excluding carboxylic acids is 1. The van der Waals surface area contributed by atoms with Gasteiger partial charge in [0.2, 0.25) is 0 Å². The average Bonchev–Trinajstić information content (AvgIpc) is 3.37. The maximum atomic E-state index is 14.4. The summed E-state index contributed by atoms with van der Waals surface area (Å²) in [7, 11) is 0. The van der Waals surface area contributed by atoms with Gasteiger partial charge in [-0.2, -0.15) is 0 Å². The molecule has 0 spiro atoms. The van der Waals surface area contributed by atoms with Crippen molar-refractivity contribution in [2.45, 2.75) is 12.8 Å². The molecule has 0 atom stereocenters. The summed E-state index contributed by atoms with van der Waals surface area (Å²) in [6.45, 7) is 1.77. The first-order valence-corrected chi connectivity index (χ1v) is 8.80. The molecule has 1 aliphatic rings. The minimum Gasteiger partial charge on any atom is -0.370 e. The lowest BCUT2D eigenvalue weighted by atomic mass is 10.1. The predicted octanol–water partition coefficient (Wildman–Crippen LogP) is 4.47. The fourth-order valence-corrected chi connectivity index (χ4v) is 3.34. The molecule has 5 heteroatoms. The number of benzene rings is 2. The van der Waals surface area contributed by atoms with E-state index in [1.165, 1.54) is 6.07 Å². The zero-order chi connectivity index (χ0) is 17.9. The summed E-state index contributed by atoms with van der Waals surface area (Å²) in [4.78, 5) is 14.7. The SMILES string of the molecule is O=C(Nc1c(F)cccc1N1CCCC1)c1ccc(-n2cccc2)cc1. The predicted molar refractivity (Wildman–Crippen MR) is 102 cm³/mol. The van der Waals surface area contributed by atoms with Crippen molar-refractivity contribution in [2.75, 3.05) is 23.3 Å². The monoisotopic (exact) mass is 349 g/mol. The molecule has 0 aliphatic carbocycles. The summed E-state index contributed by atoms with van der Waals surface area (Å²) in [5.74, 6) is -0.721. The van der Waals surface area contributed by atoms with Crippen LogP contribution < -0.4 is 10.2 Å².